The lowest BCUT2D eigenvalue weighted by Crippen LogP contribution is -2.42. The average molecular weight is 336 g/mol. The molecule has 2 atom stereocenters. The van der Waals surface area contributed by atoms with E-state index in [4.69, 9.17) is 5.21 Å². The van der Waals surface area contributed by atoms with E-state index in [2.05, 4.69) is 5.10 Å². The van der Waals surface area contributed by atoms with Gasteiger partial charge in [0.05, 0.1) is 11.6 Å². The molecule has 1 unspecified atom stereocenters. The molecule has 2 N–H and O–H groups in total. The van der Waals surface area contributed by atoms with Crippen LogP contribution in [0.3, 0.4) is 0 Å². The maximum atomic E-state index is 11.8. The average Bonchev–Trinajstić information content (AvgIpc) is 3.01. The number of hydrogen-bond donors (Lipinski definition) is 2. The summed E-state index contributed by atoms with van der Waals surface area (Å²) < 4.78 is 23.6. The Kier molecular flexibility index (Phi) is 5.64. The van der Waals surface area contributed by atoms with E-state index in [0.717, 1.165) is 11.1 Å². The fraction of sp³-hybridized carbons (Fsp3) is 0.333. The van der Waals surface area contributed by atoms with E-state index in [-0.39, 0.29) is 12.2 Å². The summed E-state index contributed by atoms with van der Waals surface area (Å²) in [5.41, 5.74) is 2.27. The number of rotatable bonds is 7. The van der Waals surface area contributed by atoms with Crippen molar-refractivity contribution in [1.29, 1.82) is 0 Å². The van der Waals surface area contributed by atoms with Crippen molar-refractivity contribution in [3.05, 3.63) is 42.7 Å². The van der Waals surface area contributed by atoms with Crippen molar-refractivity contribution in [2.75, 3.05) is 5.75 Å². The smallest absolute Gasteiger partial charge is 0.250 e. The molecule has 0 fully saturated rings. The minimum Gasteiger partial charge on any atom is -0.772 e. The zero-order valence-electron chi connectivity index (χ0n) is 12.6. The van der Waals surface area contributed by atoms with Crippen LogP contribution in [-0.2, 0) is 22.4 Å². The van der Waals surface area contributed by atoms with Crippen molar-refractivity contribution in [1.82, 2.24) is 15.3 Å². The van der Waals surface area contributed by atoms with Crippen LogP contribution in [0.5, 0.6) is 0 Å². The molecule has 2 rings (SSSR count). The Morgan fingerprint density at radius 1 is 1.39 bits per heavy atom. The number of benzene rings is 1. The van der Waals surface area contributed by atoms with Gasteiger partial charge in [-0.2, -0.15) is 5.10 Å². The lowest BCUT2D eigenvalue weighted by atomic mass is 9.88. The zero-order chi connectivity index (χ0) is 16.9. The quantitative estimate of drug-likeness (QED) is 0.450. The van der Waals surface area contributed by atoms with E-state index in [1.807, 2.05) is 36.5 Å². The topological polar surface area (TPSA) is 107 Å². The molecule has 0 saturated heterocycles. The van der Waals surface area contributed by atoms with Crippen LogP contribution >= 0.6 is 0 Å². The van der Waals surface area contributed by atoms with Gasteiger partial charge in [0.15, 0.2) is 0 Å². The molecule has 1 amide bonds. The van der Waals surface area contributed by atoms with Crippen LogP contribution in [0.4, 0.5) is 0 Å². The number of carbonyl (C=O) groups excluding carboxylic acids is 1. The van der Waals surface area contributed by atoms with Crippen LogP contribution in [0.1, 0.15) is 13.3 Å². The van der Waals surface area contributed by atoms with E-state index >= 15 is 0 Å². The Hall–Kier alpha value is -2.03. The van der Waals surface area contributed by atoms with Crippen molar-refractivity contribution >= 4 is 17.0 Å². The normalized spacial score (nSPS) is 14.9. The minimum absolute atomic E-state index is 0.225. The summed E-state index contributed by atoms with van der Waals surface area (Å²) in [4.78, 5) is 11.8. The molecular weight excluding hydrogens is 318 g/mol. The van der Waals surface area contributed by atoms with E-state index < -0.39 is 22.4 Å². The van der Waals surface area contributed by atoms with Gasteiger partial charge < -0.3 is 4.55 Å². The van der Waals surface area contributed by atoms with Crippen molar-refractivity contribution in [2.24, 2.45) is 5.41 Å². The first-order valence-corrected chi connectivity index (χ1v) is 8.27. The van der Waals surface area contributed by atoms with Crippen LogP contribution in [0.15, 0.2) is 42.7 Å². The van der Waals surface area contributed by atoms with Gasteiger partial charge in [0, 0.05) is 24.1 Å². The summed E-state index contributed by atoms with van der Waals surface area (Å²) >= 11 is -2.39. The van der Waals surface area contributed by atoms with Gasteiger partial charge >= 0.3 is 0 Å². The molecule has 0 radical (unpaired) electrons. The van der Waals surface area contributed by atoms with Crippen LogP contribution < -0.4 is 5.48 Å². The van der Waals surface area contributed by atoms with Crippen molar-refractivity contribution in [2.45, 2.75) is 19.9 Å². The number of amides is 1. The van der Waals surface area contributed by atoms with Gasteiger partial charge in [0.25, 0.3) is 0 Å². The molecule has 0 aliphatic rings. The summed E-state index contributed by atoms with van der Waals surface area (Å²) in [6.45, 7) is 1.85. The van der Waals surface area contributed by atoms with Gasteiger partial charge in [-0.3, -0.25) is 18.9 Å². The summed E-state index contributed by atoms with van der Waals surface area (Å²) in [5.74, 6) is -1.09. The summed E-state index contributed by atoms with van der Waals surface area (Å²) in [6, 6.07) is 9.71. The van der Waals surface area contributed by atoms with Crippen LogP contribution in [-0.4, -0.2) is 35.4 Å². The highest BCUT2D eigenvalue weighted by atomic mass is 32.2. The van der Waals surface area contributed by atoms with Crippen molar-refractivity contribution in [3.8, 4) is 11.1 Å². The van der Waals surface area contributed by atoms with Crippen LogP contribution in [0.2, 0.25) is 0 Å². The largest absolute Gasteiger partial charge is 0.772 e. The number of nitrogens with zero attached hydrogens (tertiary/aromatic N) is 2. The summed E-state index contributed by atoms with van der Waals surface area (Å²) in [6.07, 6.45) is 3.77. The third kappa shape index (κ3) is 4.47. The maximum Gasteiger partial charge on any atom is 0.250 e. The van der Waals surface area contributed by atoms with E-state index in [1.54, 1.807) is 10.9 Å². The predicted octanol–water partition coefficient (Wildman–Crippen LogP) is 1.33. The second kappa shape index (κ2) is 7.49. The number of aromatic nitrogens is 2. The number of carbonyl (C=O) groups is 1. The lowest BCUT2D eigenvalue weighted by molar-refractivity contribution is -0.138. The molecule has 1 aromatic heterocycles. The van der Waals surface area contributed by atoms with Gasteiger partial charge in [-0.05, 0) is 18.9 Å². The molecule has 0 saturated carbocycles. The van der Waals surface area contributed by atoms with Gasteiger partial charge in [-0.1, -0.05) is 41.4 Å². The molecule has 0 spiro atoms. The molecule has 2 aromatic rings. The fourth-order valence-electron chi connectivity index (χ4n) is 2.27. The molecule has 23 heavy (non-hydrogen) atoms. The van der Waals surface area contributed by atoms with Crippen molar-refractivity contribution < 1.29 is 18.8 Å². The Labute approximate surface area is 136 Å². The van der Waals surface area contributed by atoms with Crippen LogP contribution in [0, 0.1) is 5.41 Å². The first-order chi connectivity index (χ1) is 10.9. The molecule has 1 aromatic carbocycles. The number of hydrogen-bond acceptors (Lipinski definition) is 5. The van der Waals surface area contributed by atoms with Gasteiger partial charge in [0.1, 0.15) is 0 Å². The Morgan fingerprint density at radius 3 is 2.70 bits per heavy atom. The van der Waals surface area contributed by atoms with E-state index in [9.17, 15) is 13.6 Å². The SMILES string of the molecule is C[C@](CCn1cc(-c2ccccc2)cn1)(CS(=O)[O-])C(=O)NO. The van der Waals surface area contributed by atoms with Gasteiger partial charge in [0.2, 0.25) is 5.91 Å². The second-order valence-electron chi connectivity index (χ2n) is 5.56. The van der Waals surface area contributed by atoms with Gasteiger partial charge in [-0.25, -0.2) is 5.48 Å². The molecule has 0 bridgehead atoms. The van der Waals surface area contributed by atoms with Gasteiger partial charge in [-0.15, -0.1) is 0 Å². The molecule has 0 aliphatic carbocycles. The van der Waals surface area contributed by atoms with E-state index in [1.165, 1.54) is 12.4 Å². The highest BCUT2D eigenvalue weighted by molar-refractivity contribution is 7.79. The predicted molar refractivity (Wildman–Crippen MR) is 84.1 cm³/mol. The number of aryl methyl sites for hydroxylation is 1. The Bertz CT molecular complexity index is 689. The number of nitrogens with one attached hydrogen (secondary N) is 1. The third-order valence-electron chi connectivity index (χ3n) is 3.72. The first-order valence-electron chi connectivity index (χ1n) is 7.03. The monoisotopic (exact) mass is 336 g/mol. The maximum absolute atomic E-state index is 11.8. The minimum atomic E-state index is -2.39. The first kappa shape index (κ1) is 17.3. The third-order valence-corrected chi connectivity index (χ3v) is 4.59. The highest BCUT2D eigenvalue weighted by Crippen LogP contribution is 2.24. The molecule has 124 valence electrons. The lowest BCUT2D eigenvalue weighted by Gasteiger charge is -2.27. The molecule has 1 heterocycles. The zero-order valence-corrected chi connectivity index (χ0v) is 13.5. The molecule has 8 heteroatoms. The Balaban J connectivity index is 2.08. The highest BCUT2D eigenvalue weighted by Gasteiger charge is 2.33. The molecule has 0 aliphatic heterocycles. The van der Waals surface area contributed by atoms with E-state index in [0.29, 0.717) is 6.54 Å². The molecule has 7 nitrogen and oxygen atoms in total. The van der Waals surface area contributed by atoms with Crippen LogP contribution in [0.25, 0.3) is 11.1 Å². The fourth-order valence-corrected chi connectivity index (χ4v) is 3.07. The van der Waals surface area contributed by atoms with Crippen molar-refractivity contribution in [3.63, 3.8) is 0 Å². The summed E-state index contributed by atoms with van der Waals surface area (Å²) in [7, 11) is 0. The Morgan fingerprint density at radius 2 is 2.09 bits per heavy atom. The summed E-state index contributed by atoms with van der Waals surface area (Å²) in [5, 5.41) is 13.0. The number of hydroxylamine groups is 1. The standard InChI is InChI=1S/C15H19N3O4S/c1-15(11-23(21)22,14(19)17-20)7-8-18-10-13(9-16-18)12-5-3-2-4-6-12/h2-6,9-10,20H,7-8,11H2,1H3,(H,17,19)(H,21,22)/p-1/t15-/m0/s1. The second-order valence-corrected chi connectivity index (χ2v) is 6.45. The molecular formula is C15H18N3O4S-.